The first-order valence-electron chi connectivity index (χ1n) is 7.07. The third-order valence-corrected chi connectivity index (χ3v) is 3.48. The molecule has 2 aliphatic rings. The van der Waals surface area contributed by atoms with E-state index in [0.717, 1.165) is 0 Å². The second-order valence-corrected chi connectivity index (χ2v) is 5.18. The lowest BCUT2D eigenvalue weighted by Gasteiger charge is -2.35. The monoisotopic (exact) mass is 350 g/mol. The quantitative estimate of drug-likeness (QED) is 0.709. The molecule has 0 aliphatic heterocycles. The Morgan fingerprint density at radius 1 is 1.04 bits per heavy atom. The zero-order valence-electron chi connectivity index (χ0n) is 13.9. The number of rotatable bonds is 4. The third-order valence-electron chi connectivity index (χ3n) is 3.48. The van der Waals surface area contributed by atoms with E-state index in [4.69, 9.17) is 14.6 Å². The van der Waals surface area contributed by atoms with Crippen molar-refractivity contribution in [2.24, 2.45) is 0 Å². The lowest BCUT2D eigenvalue weighted by atomic mass is 9.83. The van der Waals surface area contributed by atoms with E-state index in [1.54, 1.807) is 6.92 Å². The molecule has 2 N–H and O–H groups in total. The second kappa shape index (κ2) is 8.32. The van der Waals surface area contributed by atoms with Crippen molar-refractivity contribution in [2.75, 3.05) is 14.2 Å². The van der Waals surface area contributed by atoms with Crippen LogP contribution in [0.2, 0.25) is 0 Å². The molecule has 0 saturated heterocycles. The van der Waals surface area contributed by atoms with Gasteiger partial charge in [0.25, 0.3) is 0 Å². The summed E-state index contributed by atoms with van der Waals surface area (Å²) in [4.78, 5) is 43.0. The van der Waals surface area contributed by atoms with Gasteiger partial charge in [0.1, 0.15) is 6.10 Å². The highest BCUT2D eigenvalue weighted by molar-refractivity contribution is 6.14. The number of hydrogen-bond donors (Lipinski definition) is 2. The molecule has 0 aromatic heterocycles. The van der Waals surface area contributed by atoms with Gasteiger partial charge in [0, 0.05) is 14.2 Å². The highest BCUT2D eigenvalue weighted by Crippen LogP contribution is 2.32. The number of allylic oxidation sites excluding steroid dienone is 6. The van der Waals surface area contributed by atoms with Gasteiger partial charge >= 0.3 is 11.9 Å². The van der Waals surface area contributed by atoms with E-state index >= 15 is 0 Å². The molecule has 0 aromatic carbocycles. The van der Waals surface area contributed by atoms with Crippen LogP contribution < -0.4 is 0 Å². The summed E-state index contributed by atoms with van der Waals surface area (Å²) in [5.41, 5.74) is -1.45. The summed E-state index contributed by atoms with van der Waals surface area (Å²) < 4.78 is 9.97. The van der Waals surface area contributed by atoms with Gasteiger partial charge in [0.05, 0.1) is 5.57 Å². The van der Waals surface area contributed by atoms with E-state index in [0.29, 0.717) is 5.57 Å². The van der Waals surface area contributed by atoms with Gasteiger partial charge < -0.3 is 19.7 Å². The summed E-state index contributed by atoms with van der Waals surface area (Å²) in [5.74, 6) is -2.76. The number of ether oxygens (including phenoxy) is 2. The minimum atomic E-state index is -1.80. The van der Waals surface area contributed by atoms with E-state index in [-0.39, 0.29) is 17.1 Å². The van der Waals surface area contributed by atoms with E-state index in [1.165, 1.54) is 50.7 Å². The van der Waals surface area contributed by atoms with Crippen LogP contribution in [0.25, 0.3) is 0 Å². The Labute approximate surface area is 143 Å². The molecule has 0 amide bonds. The van der Waals surface area contributed by atoms with Crippen LogP contribution in [0, 0.1) is 0 Å². The van der Waals surface area contributed by atoms with Gasteiger partial charge in [-0.3, -0.25) is 9.59 Å². The summed E-state index contributed by atoms with van der Waals surface area (Å²) in [6.07, 6.45) is 6.54. The molecule has 0 bridgehead atoms. The van der Waals surface area contributed by atoms with Crippen LogP contribution in [0.1, 0.15) is 6.92 Å². The molecule has 0 fully saturated rings. The fourth-order valence-corrected chi connectivity index (χ4v) is 2.35. The van der Waals surface area contributed by atoms with Crippen molar-refractivity contribution in [3.05, 3.63) is 47.6 Å². The molecule has 2 atom stereocenters. The Balaban J connectivity index is 0.000000324. The van der Waals surface area contributed by atoms with Crippen molar-refractivity contribution in [1.82, 2.24) is 0 Å². The number of carbonyl (C=O) groups is 4. The molecule has 2 aliphatic carbocycles. The van der Waals surface area contributed by atoms with Crippen molar-refractivity contribution in [2.45, 2.75) is 18.6 Å². The highest BCUT2D eigenvalue weighted by atomic mass is 16.6. The number of ketones is 2. The molecular weight excluding hydrogens is 332 g/mol. The molecule has 0 heterocycles. The SMILES string of the molecule is COC1C(C(=O)O)=CC(C)=CC1(OC)C(=O)O.O=C1C=CC(=O)C=C1. The van der Waals surface area contributed by atoms with Crippen LogP contribution in [0.15, 0.2) is 47.6 Å². The lowest BCUT2D eigenvalue weighted by molar-refractivity contribution is -0.169. The molecule has 2 rings (SSSR count). The highest BCUT2D eigenvalue weighted by Gasteiger charge is 2.50. The van der Waals surface area contributed by atoms with Crippen LogP contribution in [0.4, 0.5) is 0 Å². The number of carboxylic acids is 2. The van der Waals surface area contributed by atoms with Gasteiger partial charge in [-0.05, 0) is 43.4 Å². The largest absolute Gasteiger partial charge is 0.479 e. The van der Waals surface area contributed by atoms with E-state index in [1.807, 2.05) is 0 Å². The topological polar surface area (TPSA) is 127 Å². The van der Waals surface area contributed by atoms with Gasteiger partial charge in [0.15, 0.2) is 11.6 Å². The summed E-state index contributed by atoms with van der Waals surface area (Å²) in [6.45, 7) is 1.60. The zero-order valence-corrected chi connectivity index (χ0v) is 13.9. The average Bonchev–Trinajstić information content (AvgIpc) is 2.56. The van der Waals surface area contributed by atoms with Crippen LogP contribution in [0.5, 0.6) is 0 Å². The van der Waals surface area contributed by atoms with Crippen LogP contribution in [-0.2, 0) is 28.7 Å². The molecule has 8 heteroatoms. The van der Waals surface area contributed by atoms with E-state index in [2.05, 4.69) is 0 Å². The maximum absolute atomic E-state index is 11.3. The molecule has 0 radical (unpaired) electrons. The van der Waals surface area contributed by atoms with Gasteiger partial charge in [0.2, 0.25) is 5.60 Å². The number of carbonyl (C=O) groups excluding carboxylic acids is 2. The fraction of sp³-hybridized carbons (Fsp3) is 0.294. The molecule has 8 nitrogen and oxygen atoms in total. The minimum Gasteiger partial charge on any atom is -0.479 e. The Bertz CT molecular complexity index is 672. The number of hydrogen-bond acceptors (Lipinski definition) is 6. The van der Waals surface area contributed by atoms with Crippen molar-refractivity contribution < 1.29 is 38.9 Å². The van der Waals surface area contributed by atoms with E-state index in [9.17, 15) is 24.3 Å². The molecule has 2 unspecified atom stereocenters. The molecule has 0 saturated carbocycles. The maximum Gasteiger partial charge on any atom is 0.343 e. The first kappa shape index (κ1) is 20.2. The zero-order chi connectivity index (χ0) is 19.2. The van der Waals surface area contributed by atoms with Gasteiger partial charge in [-0.2, -0.15) is 0 Å². The first-order valence-corrected chi connectivity index (χ1v) is 7.07. The third kappa shape index (κ3) is 4.59. The molecular formula is C17H18O8. The Kier molecular flexibility index (Phi) is 6.72. The summed E-state index contributed by atoms with van der Waals surface area (Å²) >= 11 is 0. The minimum absolute atomic E-state index is 0.121. The van der Waals surface area contributed by atoms with Gasteiger partial charge in [-0.25, -0.2) is 9.59 Å². The lowest BCUT2D eigenvalue weighted by Crippen LogP contribution is -2.53. The predicted octanol–water partition coefficient (Wildman–Crippen LogP) is 0.693. The maximum atomic E-state index is 11.3. The Morgan fingerprint density at radius 2 is 1.52 bits per heavy atom. The standard InChI is InChI=1S/C11H14O6.C6H4O2/c1-6-4-7(9(12)13)8(16-2)11(5-6,17-3)10(14)15;7-5-1-2-6(8)4-3-5/h4-5,8H,1-3H3,(H,12,13)(H,14,15);1-4H. The van der Waals surface area contributed by atoms with Gasteiger partial charge in [-0.1, -0.05) is 5.57 Å². The summed E-state index contributed by atoms with van der Waals surface area (Å²) in [6, 6.07) is 0. The normalized spacial score (nSPS) is 24.8. The van der Waals surface area contributed by atoms with Crippen molar-refractivity contribution >= 4 is 23.5 Å². The Hall–Kier alpha value is -2.84. The van der Waals surface area contributed by atoms with Crippen molar-refractivity contribution in [1.29, 1.82) is 0 Å². The fourth-order valence-electron chi connectivity index (χ4n) is 2.35. The molecule has 0 aromatic rings. The number of methoxy groups -OCH3 is 2. The van der Waals surface area contributed by atoms with E-state index < -0.39 is 23.6 Å². The molecule has 0 spiro atoms. The molecule has 25 heavy (non-hydrogen) atoms. The molecule has 134 valence electrons. The van der Waals surface area contributed by atoms with Crippen molar-refractivity contribution in [3.63, 3.8) is 0 Å². The van der Waals surface area contributed by atoms with Crippen LogP contribution >= 0.6 is 0 Å². The van der Waals surface area contributed by atoms with Gasteiger partial charge in [-0.15, -0.1) is 0 Å². The number of aliphatic carboxylic acids is 2. The summed E-state index contributed by atoms with van der Waals surface area (Å²) in [7, 11) is 2.45. The van der Waals surface area contributed by atoms with Crippen LogP contribution in [-0.4, -0.2) is 59.6 Å². The second-order valence-electron chi connectivity index (χ2n) is 5.18. The Morgan fingerprint density at radius 3 is 1.84 bits per heavy atom. The smallest absolute Gasteiger partial charge is 0.343 e. The number of carboxylic acid groups (broad SMARTS) is 2. The average molecular weight is 350 g/mol. The summed E-state index contributed by atoms with van der Waals surface area (Å²) in [5, 5.41) is 18.3. The van der Waals surface area contributed by atoms with Crippen molar-refractivity contribution in [3.8, 4) is 0 Å². The van der Waals surface area contributed by atoms with Crippen LogP contribution in [0.3, 0.4) is 0 Å². The first-order chi connectivity index (χ1) is 11.7. The predicted molar refractivity (Wildman–Crippen MR) is 85.9 cm³/mol.